The highest BCUT2D eigenvalue weighted by atomic mass is 32.1. The van der Waals surface area contributed by atoms with Gasteiger partial charge in [-0.1, -0.05) is 36.4 Å². The summed E-state index contributed by atoms with van der Waals surface area (Å²) in [6.45, 7) is 10.2. The molecule has 0 amide bonds. The van der Waals surface area contributed by atoms with Crippen molar-refractivity contribution in [2.45, 2.75) is 33.2 Å². The predicted octanol–water partition coefficient (Wildman–Crippen LogP) is 5.94. The van der Waals surface area contributed by atoms with Crippen molar-refractivity contribution in [1.29, 1.82) is 0 Å². The first-order valence-electron chi connectivity index (χ1n) is 7.95. The minimum Gasteiger partial charge on any atom is -0.325 e. The van der Waals surface area contributed by atoms with Crippen LogP contribution in [0.15, 0.2) is 48.5 Å². The van der Waals surface area contributed by atoms with Crippen LogP contribution < -0.4 is 0 Å². The van der Waals surface area contributed by atoms with Gasteiger partial charge in [-0.2, -0.15) is 0 Å². The Kier molecular flexibility index (Phi) is 4.93. The highest BCUT2D eigenvalue weighted by Crippen LogP contribution is 2.32. The van der Waals surface area contributed by atoms with Gasteiger partial charge in [-0.25, -0.2) is 0 Å². The number of rotatable bonds is 1. The molecule has 0 aliphatic carbocycles. The number of quaternary nitrogens is 1. The minimum atomic E-state index is 0.384. The summed E-state index contributed by atoms with van der Waals surface area (Å²) >= 11 is 1.86. The maximum Gasteiger partial charge on any atom is 0.0903 e. The van der Waals surface area contributed by atoms with E-state index in [0.717, 1.165) is 4.48 Å². The Morgan fingerprint density at radius 3 is 1.55 bits per heavy atom. The molecule has 1 nitrogen and oxygen atoms in total. The van der Waals surface area contributed by atoms with Gasteiger partial charge >= 0.3 is 0 Å². The molecule has 2 heteroatoms. The normalized spacial score (nSPS) is 12.3. The molecule has 0 radical (unpaired) electrons. The molecule has 0 saturated heterocycles. The van der Waals surface area contributed by atoms with Gasteiger partial charge in [0.15, 0.2) is 0 Å². The van der Waals surface area contributed by atoms with Gasteiger partial charge in [-0.3, -0.25) is 0 Å². The summed E-state index contributed by atoms with van der Waals surface area (Å²) in [5.74, 6) is 0. The fourth-order valence-electron chi connectivity index (χ4n) is 2.15. The Morgan fingerprint density at radius 2 is 1.23 bits per heavy atom. The van der Waals surface area contributed by atoms with Crippen LogP contribution in [0.25, 0.3) is 20.2 Å². The first kappa shape index (κ1) is 17.0. The Balaban J connectivity index is 0.000000175. The summed E-state index contributed by atoms with van der Waals surface area (Å²) in [6, 6.07) is 17.1. The van der Waals surface area contributed by atoms with Crippen LogP contribution in [0.4, 0.5) is 0 Å². The molecule has 0 aliphatic heterocycles. The van der Waals surface area contributed by atoms with Crippen molar-refractivity contribution in [2.24, 2.45) is 0 Å². The van der Waals surface area contributed by atoms with Crippen LogP contribution in [0.3, 0.4) is 0 Å². The van der Waals surface area contributed by atoms with Crippen LogP contribution in [-0.4, -0.2) is 30.7 Å². The monoisotopic (exact) mass is 314 g/mol. The smallest absolute Gasteiger partial charge is 0.0903 e. The van der Waals surface area contributed by atoms with E-state index in [1.807, 2.05) is 11.3 Å². The van der Waals surface area contributed by atoms with Gasteiger partial charge in [-0.15, -0.1) is 11.3 Å². The molecule has 1 heterocycles. The number of benzene rings is 2. The molecular weight excluding hydrogens is 286 g/mol. The lowest BCUT2D eigenvalue weighted by molar-refractivity contribution is -0.934. The summed E-state index contributed by atoms with van der Waals surface area (Å²) in [4.78, 5) is 0. The summed E-state index contributed by atoms with van der Waals surface area (Å²) in [5, 5.41) is 2.76. The lowest BCUT2D eigenvalue weighted by Crippen LogP contribution is -2.53. The van der Waals surface area contributed by atoms with E-state index >= 15 is 0 Å². The van der Waals surface area contributed by atoms with Crippen molar-refractivity contribution >= 4 is 31.5 Å². The molecule has 3 rings (SSSR count). The number of fused-ring (bicyclic) bond motifs is 3. The fourth-order valence-corrected chi connectivity index (χ4v) is 3.26. The maximum absolute atomic E-state index is 2.27. The molecular formula is C20H28NS+. The molecule has 3 aromatic rings. The first-order chi connectivity index (χ1) is 10.3. The van der Waals surface area contributed by atoms with Crippen LogP contribution in [-0.2, 0) is 0 Å². The van der Waals surface area contributed by atoms with Crippen molar-refractivity contribution in [2.75, 3.05) is 20.6 Å². The van der Waals surface area contributed by atoms with Gasteiger partial charge < -0.3 is 4.48 Å². The van der Waals surface area contributed by atoms with Crippen molar-refractivity contribution in [3.05, 3.63) is 48.5 Å². The molecule has 0 bridgehead atoms. The Labute approximate surface area is 138 Å². The van der Waals surface area contributed by atoms with E-state index in [9.17, 15) is 0 Å². The molecule has 0 N–H and O–H groups in total. The predicted molar refractivity (Wildman–Crippen MR) is 102 cm³/mol. The molecule has 2 aromatic carbocycles. The average molecular weight is 315 g/mol. The molecule has 0 aliphatic rings. The van der Waals surface area contributed by atoms with Crippen LogP contribution in [0.5, 0.6) is 0 Å². The number of nitrogens with zero attached hydrogens (tertiary/aromatic N) is 1. The third kappa shape index (κ3) is 3.50. The molecule has 22 heavy (non-hydrogen) atoms. The van der Waals surface area contributed by atoms with Crippen molar-refractivity contribution < 1.29 is 4.48 Å². The van der Waals surface area contributed by atoms with Gasteiger partial charge in [0.1, 0.15) is 0 Å². The minimum absolute atomic E-state index is 0.384. The quantitative estimate of drug-likeness (QED) is 0.488. The molecule has 0 unspecified atom stereocenters. The summed E-state index contributed by atoms with van der Waals surface area (Å²) in [5.41, 5.74) is 0.384. The van der Waals surface area contributed by atoms with Crippen LogP contribution in [0.2, 0.25) is 0 Å². The highest BCUT2D eigenvalue weighted by Gasteiger charge is 2.28. The van der Waals surface area contributed by atoms with Crippen LogP contribution >= 0.6 is 11.3 Å². The highest BCUT2D eigenvalue weighted by molar-refractivity contribution is 7.25. The molecule has 0 spiro atoms. The van der Waals surface area contributed by atoms with E-state index < -0.39 is 0 Å². The van der Waals surface area contributed by atoms with Crippen molar-refractivity contribution in [1.82, 2.24) is 0 Å². The summed E-state index contributed by atoms with van der Waals surface area (Å²) in [7, 11) is 4.53. The lowest BCUT2D eigenvalue weighted by atomic mass is 10.0. The van der Waals surface area contributed by atoms with Crippen LogP contribution in [0, 0.1) is 0 Å². The zero-order chi connectivity index (χ0) is 16.4. The van der Waals surface area contributed by atoms with E-state index in [1.165, 1.54) is 26.7 Å². The summed E-state index contributed by atoms with van der Waals surface area (Å²) in [6.07, 6.45) is 0. The lowest BCUT2D eigenvalue weighted by Gasteiger charge is -2.41. The zero-order valence-corrected chi connectivity index (χ0v) is 15.5. The van der Waals surface area contributed by atoms with Crippen molar-refractivity contribution in [3.63, 3.8) is 0 Å². The van der Waals surface area contributed by atoms with E-state index in [1.54, 1.807) is 0 Å². The van der Waals surface area contributed by atoms with Gasteiger partial charge in [0, 0.05) is 20.2 Å². The second kappa shape index (κ2) is 6.39. The Morgan fingerprint density at radius 1 is 0.818 bits per heavy atom. The van der Waals surface area contributed by atoms with Gasteiger partial charge in [0.25, 0.3) is 0 Å². The molecule has 0 atom stereocenters. The Bertz CT molecular complexity index is 697. The standard InChI is InChI=1S/C12H8S.C8H20N/c1-3-7-11-9(5-1)10-6-2-4-8-12(10)13-11;1-7-9(5,6)8(2,3)4/h1-8H;7H2,1-6H3/q;+1. The van der Waals surface area contributed by atoms with Crippen LogP contribution in [0.1, 0.15) is 27.7 Å². The molecule has 1 aromatic heterocycles. The average Bonchev–Trinajstić information content (AvgIpc) is 2.85. The van der Waals surface area contributed by atoms with Gasteiger partial charge in [0.05, 0.1) is 26.2 Å². The molecule has 0 fully saturated rings. The number of hydrogen-bond acceptors (Lipinski definition) is 1. The third-order valence-corrected chi connectivity index (χ3v) is 6.04. The second-order valence-electron chi connectivity index (χ2n) is 7.27. The topological polar surface area (TPSA) is 0 Å². The SMILES string of the molecule is CC[N+](C)(C)C(C)(C)C.c1ccc2c(c1)sc1ccccc12. The van der Waals surface area contributed by atoms with Crippen molar-refractivity contribution in [3.8, 4) is 0 Å². The largest absolute Gasteiger partial charge is 0.325 e. The zero-order valence-electron chi connectivity index (χ0n) is 14.7. The Hall–Kier alpha value is -1.38. The second-order valence-corrected chi connectivity index (χ2v) is 8.35. The molecule has 0 saturated carbocycles. The molecule has 118 valence electrons. The van der Waals surface area contributed by atoms with E-state index in [4.69, 9.17) is 0 Å². The number of hydrogen-bond donors (Lipinski definition) is 0. The van der Waals surface area contributed by atoms with Gasteiger partial charge in [-0.05, 0) is 39.8 Å². The van der Waals surface area contributed by atoms with E-state index in [2.05, 4.69) is 90.3 Å². The summed E-state index contributed by atoms with van der Waals surface area (Å²) < 4.78 is 3.85. The third-order valence-electron chi connectivity index (χ3n) is 4.89. The fraction of sp³-hybridized carbons (Fsp3) is 0.400. The van der Waals surface area contributed by atoms with Gasteiger partial charge in [0.2, 0.25) is 0 Å². The maximum atomic E-state index is 2.27. The van der Waals surface area contributed by atoms with E-state index in [-0.39, 0.29) is 0 Å². The number of thiophene rings is 1. The first-order valence-corrected chi connectivity index (χ1v) is 8.77. The van der Waals surface area contributed by atoms with E-state index in [0.29, 0.717) is 5.54 Å².